The number of cyclic esters (lactones) is 1. The highest BCUT2D eigenvalue weighted by atomic mass is 79.9. The van der Waals surface area contributed by atoms with Gasteiger partial charge in [0.1, 0.15) is 11.8 Å². The third-order valence-corrected chi connectivity index (χ3v) is 6.21. The normalized spacial score (nSPS) is 35.2. The van der Waals surface area contributed by atoms with Crippen LogP contribution in [0.25, 0.3) is 0 Å². The molecule has 6 atom stereocenters. The first-order valence-corrected chi connectivity index (χ1v) is 10.3. The smallest absolute Gasteiger partial charge is 0.328 e. The molecule has 0 amide bonds. The van der Waals surface area contributed by atoms with Crippen molar-refractivity contribution in [3.8, 4) is 0 Å². The standard InChI is InChI=1S/C19H30BrNO5/c1-9(2)12-7-6-11(5)8-13(12)25-19-16(14(20)18(24)26-19)21-15(10(3)4)17(22)23/h9-15,19H,6-8H2,1-5H3,(H,22,23)/t11?,12-,13-,14?,15-,19?/m0/s1. The summed E-state index contributed by atoms with van der Waals surface area (Å²) >= 11 is 3.28. The van der Waals surface area contributed by atoms with Crippen molar-refractivity contribution in [1.29, 1.82) is 0 Å². The highest BCUT2D eigenvalue weighted by Crippen LogP contribution is 2.37. The van der Waals surface area contributed by atoms with Crippen LogP contribution < -0.4 is 0 Å². The van der Waals surface area contributed by atoms with Crippen molar-refractivity contribution < 1.29 is 24.2 Å². The molecule has 148 valence electrons. The van der Waals surface area contributed by atoms with Crippen molar-refractivity contribution in [2.75, 3.05) is 0 Å². The number of alkyl halides is 1. The lowest BCUT2D eigenvalue weighted by Gasteiger charge is -2.38. The van der Waals surface area contributed by atoms with Crippen molar-refractivity contribution in [1.82, 2.24) is 0 Å². The maximum atomic E-state index is 12.1. The summed E-state index contributed by atoms with van der Waals surface area (Å²) < 4.78 is 11.6. The first kappa shape index (κ1) is 21.4. The quantitative estimate of drug-likeness (QED) is 0.512. The number of carboxylic acids is 1. The van der Waals surface area contributed by atoms with E-state index < -0.39 is 29.1 Å². The van der Waals surface area contributed by atoms with Gasteiger partial charge in [-0.05, 0) is 36.5 Å². The van der Waals surface area contributed by atoms with Crippen LogP contribution in [0.1, 0.15) is 53.9 Å². The molecule has 1 aliphatic heterocycles. The van der Waals surface area contributed by atoms with E-state index in [-0.39, 0.29) is 12.0 Å². The van der Waals surface area contributed by atoms with Gasteiger partial charge in [0.25, 0.3) is 0 Å². The molecule has 0 aromatic rings. The second-order valence-corrected chi connectivity index (χ2v) is 9.13. The lowest BCUT2D eigenvalue weighted by atomic mass is 9.75. The van der Waals surface area contributed by atoms with E-state index in [1.807, 2.05) is 0 Å². The Balaban J connectivity index is 2.25. The molecule has 2 rings (SSSR count). The number of esters is 1. The van der Waals surface area contributed by atoms with Gasteiger partial charge in [-0.3, -0.25) is 9.79 Å². The summed E-state index contributed by atoms with van der Waals surface area (Å²) in [6.45, 7) is 10.1. The molecule has 3 unspecified atom stereocenters. The molecule has 1 N–H and O–H groups in total. The predicted octanol–water partition coefficient (Wildman–Crippen LogP) is 3.66. The second kappa shape index (κ2) is 8.83. The highest BCUT2D eigenvalue weighted by molar-refractivity contribution is 9.10. The zero-order valence-corrected chi connectivity index (χ0v) is 17.7. The third-order valence-electron chi connectivity index (χ3n) is 5.36. The summed E-state index contributed by atoms with van der Waals surface area (Å²) in [5.41, 5.74) is 0.330. The molecular weight excluding hydrogens is 402 g/mol. The maximum Gasteiger partial charge on any atom is 0.328 e. The van der Waals surface area contributed by atoms with Gasteiger partial charge in [-0.2, -0.15) is 0 Å². The lowest BCUT2D eigenvalue weighted by molar-refractivity contribution is -0.173. The number of hydrogen-bond donors (Lipinski definition) is 1. The Bertz CT molecular complexity index is 562. The van der Waals surface area contributed by atoms with Crippen LogP contribution in [0, 0.1) is 23.7 Å². The van der Waals surface area contributed by atoms with Gasteiger partial charge in [0.2, 0.25) is 6.29 Å². The van der Waals surface area contributed by atoms with Crippen molar-refractivity contribution >= 4 is 33.6 Å². The fourth-order valence-corrected chi connectivity index (χ4v) is 4.21. The Morgan fingerprint density at radius 2 is 1.96 bits per heavy atom. The van der Waals surface area contributed by atoms with E-state index in [1.54, 1.807) is 13.8 Å². The predicted molar refractivity (Wildman–Crippen MR) is 103 cm³/mol. The highest BCUT2D eigenvalue weighted by Gasteiger charge is 2.44. The van der Waals surface area contributed by atoms with Crippen molar-refractivity contribution in [2.45, 2.75) is 77.1 Å². The molecular formula is C19H30BrNO5. The zero-order valence-electron chi connectivity index (χ0n) is 16.1. The van der Waals surface area contributed by atoms with E-state index >= 15 is 0 Å². The van der Waals surface area contributed by atoms with E-state index in [9.17, 15) is 14.7 Å². The van der Waals surface area contributed by atoms with Gasteiger partial charge in [0.05, 0.1) is 6.10 Å². The monoisotopic (exact) mass is 431 g/mol. The minimum absolute atomic E-state index is 0.0260. The van der Waals surface area contributed by atoms with Gasteiger partial charge >= 0.3 is 11.9 Å². The van der Waals surface area contributed by atoms with E-state index in [2.05, 4.69) is 41.7 Å². The van der Waals surface area contributed by atoms with Crippen molar-refractivity contribution in [3.63, 3.8) is 0 Å². The van der Waals surface area contributed by atoms with Crippen LogP contribution in [0.15, 0.2) is 4.99 Å². The van der Waals surface area contributed by atoms with Gasteiger partial charge in [0, 0.05) is 0 Å². The molecule has 0 aromatic carbocycles. The van der Waals surface area contributed by atoms with Crippen LogP contribution >= 0.6 is 15.9 Å². The summed E-state index contributed by atoms with van der Waals surface area (Å²) in [5.74, 6) is -0.291. The number of nitrogens with zero attached hydrogens (tertiary/aromatic N) is 1. The summed E-state index contributed by atoms with van der Waals surface area (Å²) in [4.78, 5) is 27.2. The Morgan fingerprint density at radius 1 is 1.31 bits per heavy atom. The molecule has 6 nitrogen and oxygen atoms in total. The maximum absolute atomic E-state index is 12.1. The molecule has 1 saturated carbocycles. The Morgan fingerprint density at radius 3 is 2.50 bits per heavy atom. The van der Waals surface area contributed by atoms with Crippen LogP contribution in [-0.4, -0.2) is 46.0 Å². The van der Waals surface area contributed by atoms with E-state index in [0.29, 0.717) is 23.5 Å². The zero-order chi connectivity index (χ0) is 19.6. The molecule has 0 aromatic heterocycles. The Hall–Kier alpha value is -0.950. The average molecular weight is 432 g/mol. The van der Waals surface area contributed by atoms with Gasteiger partial charge in [0.15, 0.2) is 4.83 Å². The first-order chi connectivity index (χ1) is 12.1. The largest absolute Gasteiger partial charge is 0.480 e. The number of hydrogen-bond acceptors (Lipinski definition) is 5. The number of carbonyl (C=O) groups excluding carboxylic acids is 1. The molecule has 1 aliphatic carbocycles. The molecule has 1 saturated heterocycles. The number of carbonyl (C=O) groups is 2. The van der Waals surface area contributed by atoms with Crippen LogP contribution in [0.3, 0.4) is 0 Å². The van der Waals surface area contributed by atoms with E-state index in [0.717, 1.165) is 12.8 Å². The SMILES string of the molecule is CC1CC[C@@H](C(C)C)[C@@H](OC2OC(=O)C(Br)C2=N[C@H](C(=O)O)C(C)C)C1. The summed E-state index contributed by atoms with van der Waals surface area (Å²) in [5, 5.41) is 9.42. The van der Waals surface area contributed by atoms with Crippen LogP contribution in [0.5, 0.6) is 0 Å². The molecule has 2 aliphatic rings. The lowest BCUT2D eigenvalue weighted by Crippen LogP contribution is -2.40. The van der Waals surface area contributed by atoms with Crippen molar-refractivity contribution in [3.05, 3.63) is 0 Å². The Labute approximate surface area is 163 Å². The Kier molecular flexibility index (Phi) is 7.25. The summed E-state index contributed by atoms with van der Waals surface area (Å²) in [7, 11) is 0. The van der Waals surface area contributed by atoms with E-state index in [4.69, 9.17) is 9.47 Å². The van der Waals surface area contributed by atoms with E-state index in [1.165, 1.54) is 6.42 Å². The van der Waals surface area contributed by atoms with Crippen LogP contribution in [-0.2, 0) is 19.1 Å². The van der Waals surface area contributed by atoms with Gasteiger partial charge in [-0.25, -0.2) is 4.79 Å². The average Bonchev–Trinajstić information content (AvgIpc) is 2.78. The second-order valence-electron chi connectivity index (χ2n) is 8.21. The first-order valence-electron chi connectivity index (χ1n) is 9.42. The van der Waals surface area contributed by atoms with Crippen LogP contribution in [0.2, 0.25) is 0 Å². The summed E-state index contributed by atoms with van der Waals surface area (Å²) in [6.07, 6.45) is 2.22. The number of aliphatic imine (C=N–C) groups is 1. The number of halogens is 1. The topological polar surface area (TPSA) is 85.2 Å². The third kappa shape index (κ3) is 4.85. The number of carboxylic acid groups (broad SMARTS) is 1. The molecule has 7 heteroatoms. The summed E-state index contributed by atoms with van der Waals surface area (Å²) in [6, 6.07) is -0.933. The fraction of sp³-hybridized carbons (Fsp3) is 0.842. The minimum atomic E-state index is -1.02. The molecule has 26 heavy (non-hydrogen) atoms. The molecule has 2 fully saturated rings. The molecule has 1 heterocycles. The molecule has 0 radical (unpaired) electrons. The van der Waals surface area contributed by atoms with Crippen molar-refractivity contribution in [2.24, 2.45) is 28.7 Å². The minimum Gasteiger partial charge on any atom is -0.480 e. The number of rotatable bonds is 6. The number of aliphatic carboxylic acids is 1. The molecule has 0 spiro atoms. The van der Waals surface area contributed by atoms with Crippen LogP contribution in [0.4, 0.5) is 0 Å². The molecule has 0 bridgehead atoms. The van der Waals surface area contributed by atoms with Gasteiger partial charge in [-0.1, -0.05) is 57.0 Å². The van der Waals surface area contributed by atoms with Gasteiger partial charge < -0.3 is 14.6 Å². The van der Waals surface area contributed by atoms with Gasteiger partial charge in [-0.15, -0.1) is 0 Å². The fourth-order valence-electron chi connectivity index (χ4n) is 3.77. The number of ether oxygens (including phenoxy) is 2.